The van der Waals surface area contributed by atoms with Gasteiger partial charge in [-0.25, -0.2) is 9.59 Å². The lowest BCUT2D eigenvalue weighted by Gasteiger charge is -2.28. The normalized spacial score (nSPS) is 13.3. The van der Waals surface area contributed by atoms with Crippen molar-refractivity contribution < 1.29 is 34.1 Å². The van der Waals surface area contributed by atoms with Crippen LogP contribution < -0.4 is 14.8 Å². The van der Waals surface area contributed by atoms with E-state index in [1.807, 2.05) is 11.0 Å². The van der Waals surface area contributed by atoms with Crippen LogP contribution in [0.2, 0.25) is 0 Å². The number of rotatable bonds is 3. The molecule has 1 aromatic rings. The first kappa shape index (κ1) is 19.2. The molecule has 24 heavy (non-hydrogen) atoms. The molecule has 9 heteroatoms. The fourth-order valence-corrected chi connectivity index (χ4v) is 2.09. The van der Waals surface area contributed by atoms with E-state index in [1.54, 1.807) is 26.4 Å². The number of benzene rings is 1. The third-order valence-electron chi connectivity index (χ3n) is 3.23. The lowest BCUT2D eigenvalue weighted by Crippen LogP contribution is -2.46. The maximum Gasteiger partial charge on any atom is 0.414 e. The molecule has 1 fully saturated rings. The minimum atomic E-state index is -1.82. The van der Waals surface area contributed by atoms with E-state index in [4.69, 9.17) is 29.3 Å². The molecular weight excluding hydrogens is 320 g/mol. The zero-order valence-corrected chi connectivity index (χ0v) is 13.4. The highest BCUT2D eigenvalue weighted by Gasteiger charge is 2.24. The Bertz CT molecular complexity index is 563. The molecule has 3 N–H and O–H groups in total. The van der Waals surface area contributed by atoms with E-state index in [1.165, 1.54) is 0 Å². The van der Waals surface area contributed by atoms with Crippen molar-refractivity contribution in [3.63, 3.8) is 0 Å². The van der Waals surface area contributed by atoms with E-state index in [-0.39, 0.29) is 5.91 Å². The molecule has 132 valence electrons. The van der Waals surface area contributed by atoms with Crippen molar-refractivity contribution >= 4 is 17.8 Å². The highest BCUT2D eigenvalue weighted by Crippen LogP contribution is 2.29. The standard InChI is InChI=1S/C13H18N2O3.C2H2O4/c1-17-10-4-3-5-11(18-2)12(10)13(16)15-8-6-14-7-9-15;3-1(4)2(5)6/h3-5,14H,6-9H2,1-2H3;(H,3,4)(H,5,6). The Balaban J connectivity index is 0.000000413. The summed E-state index contributed by atoms with van der Waals surface area (Å²) in [6.45, 7) is 3.06. The maximum atomic E-state index is 12.5. The number of hydrogen-bond donors (Lipinski definition) is 3. The average Bonchev–Trinajstić information content (AvgIpc) is 2.61. The first-order valence-electron chi connectivity index (χ1n) is 7.09. The lowest BCUT2D eigenvalue weighted by molar-refractivity contribution is -0.159. The van der Waals surface area contributed by atoms with Crippen LogP contribution in [0.25, 0.3) is 0 Å². The fraction of sp³-hybridized carbons (Fsp3) is 0.400. The van der Waals surface area contributed by atoms with Gasteiger partial charge < -0.3 is 29.9 Å². The number of ether oxygens (including phenoxy) is 2. The molecule has 1 aliphatic rings. The Kier molecular flexibility index (Phi) is 7.50. The van der Waals surface area contributed by atoms with E-state index >= 15 is 0 Å². The fourth-order valence-electron chi connectivity index (χ4n) is 2.09. The summed E-state index contributed by atoms with van der Waals surface area (Å²) in [6, 6.07) is 5.36. The number of piperazine rings is 1. The monoisotopic (exact) mass is 340 g/mol. The molecule has 0 radical (unpaired) electrons. The summed E-state index contributed by atoms with van der Waals surface area (Å²) in [5.74, 6) is -2.58. The second-order valence-electron chi connectivity index (χ2n) is 4.69. The number of aliphatic carboxylic acids is 2. The van der Waals surface area contributed by atoms with Crippen molar-refractivity contribution in [3.8, 4) is 11.5 Å². The molecule has 2 rings (SSSR count). The van der Waals surface area contributed by atoms with E-state index in [9.17, 15) is 4.79 Å². The number of amides is 1. The van der Waals surface area contributed by atoms with Crippen LogP contribution in [0.4, 0.5) is 0 Å². The Morgan fingerprint density at radius 1 is 1.00 bits per heavy atom. The van der Waals surface area contributed by atoms with Crippen LogP contribution >= 0.6 is 0 Å². The Labute approximate surface area is 138 Å². The third kappa shape index (κ3) is 5.13. The molecule has 0 bridgehead atoms. The quantitative estimate of drug-likeness (QED) is 0.652. The summed E-state index contributed by atoms with van der Waals surface area (Å²) in [7, 11) is 3.12. The average molecular weight is 340 g/mol. The van der Waals surface area contributed by atoms with Crippen molar-refractivity contribution in [3.05, 3.63) is 23.8 Å². The SMILES string of the molecule is COc1cccc(OC)c1C(=O)N1CCNCC1.O=C(O)C(=O)O. The van der Waals surface area contributed by atoms with Crippen LogP contribution in [-0.2, 0) is 9.59 Å². The van der Waals surface area contributed by atoms with Crippen molar-refractivity contribution in [1.29, 1.82) is 0 Å². The smallest absolute Gasteiger partial charge is 0.414 e. The molecule has 0 unspecified atom stereocenters. The molecule has 0 aliphatic carbocycles. The number of nitrogens with one attached hydrogen (secondary N) is 1. The number of methoxy groups -OCH3 is 2. The van der Waals surface area contributed by atoms with E-state index in [0.29, 0.717) is 30.2 Å². The molecule has 0 spiro atoms. The highest BCUT2D eigenvalue weighted by atomic mass is 16.5. The molecule has 1 aliphatic heterocycles. The van der Waals surface area contributed by atoms with Crippen molar-refractivity contribution in [1.82, 2.24) is 10.2 Å². The first-order valence-corrected chi connectivity index (χ1v) is 7.09. The first-order chi connectivity index (χ1) is 11.4. The van der Waals surface area contributed by atoms with Crippen LogP contribution in [0.5, 0.6) is 11.5 Å². The summed E-state index contributed by atoms with van der Waals surface area (Å²) in [6.07, 6.45) is 0. The molecular formula is C15H20N2O7. The molecule has 1 amide bonds. The molecule has 0 saturated carbocycles. The Hall–Kier alpha value is -2.81. The van der Waals surface area contributed by atoms with Gasteiger partial charge in [0.05, 0.1) is 14.2 Å². The predicted octanol–water partition coefficient (Wildman–Crippen LogP) is -0.0952. The van der Waals surface area contributed by atoms with Gasteiger partial charge in [-0.05, 0) is 12.1 Å². The lowest BCUT2D eigenvalue weighted by atomic mass is 10.1. The van der Waals surface area contributed by atoms with Gasteiger partial charge in [0.2, 0.25) is 0 Å². The minimum Gasteiger partial charge on any atom is -0.496 e. The number of carboxylic acid groups (broad SMARTS) is 2. The van der Waals surface area contributed by atoms with Gasteiger partial charge in [0.15, 0.2) is 0 Å². The molecule has 0 atom stereocenters. The molecule has 1 aromatic carbocycles. The second-order valence-corrected chi connectivity index (χ2v) is 4.69. The molecule has 0 aromatic heterocycles. The van der Waals surface area contributed by atoms with Crippen molar-refractivity contribution in [2.24, 2.45) is 0 Å². The zero-order chi connectivity index (χ0) is 18.1. The third-order valence-corrected chi connectivity index (χ3v) is 3.23. The van der Waals surface area contributed by atoms with Crippen LogP contribution in [0, 0.1) is 0 Å². The maximum absolute atomic E-state index is 12.5. The minimum absolute atomic E-state index is 0.0363. The van der Waals surface area contributed by atoms with Gasteiger partial charge in [0.25, 0.3) is 5.91 Å². The van der Waals surface area contributed by atoms with Gasteiger partial charge in [-0.3, -0.25) is 4.79 Å². The number of hydrogen-bond acceptors (Lipinski definition) is 6. The number of carbonyl (C=O) groups is 3. The van der Waals surface area contributed by atoms with Crippen molar-refractivity contribution in [2.45, 2.75) is 0 Å². The van der Waals surface area contributed by atoms with Crippen molar-refractivity contribution in [2.75, 3.05) is 40.4 Å². The van der Waals surface area contributed by atoms with Crippen LogP contribution in [0.15, 0.2) is 18.2 Å². The van der Waals surface area contributed by atoms with Crippen LogP contribution in [-0.4, -0.2) is 73.4 Å². The largest absolute Gasteiger partial charge is 0.496 e. The van der Waals surface area contributed by atoms with Gasteiger partial charge in [-0.15, -0.1) is 0 Å². The number of carboxylic acids is 2. The predicted molar refractivity (Wildman–Crippen MR) is 83.6 cm³/mol. The summed E-state index contributed by atoms with van der Waals surface area (Å²) in [5, 5.41) is 18.0. The highest BCUT2D eigenvalue weighted by molar-refractivity contribution is 6.27. The van der Waals surface area contributed by atoms with E-state index < -0.39 is 11.9 Å². The zero-order valence-electron chi connectivity index (χ0n) is 13.4. The van der Waals surface area contributed by atoms with E-state index in [0.717, 1.165) is 13.1 Å². The Morgan fingerprint density at radius 2 is 1.46 bits per heavy atom. The van der Waals surface area contributed by atoms with Crippen LogP contribution in [0.1, 0.15) is 10.4 Å². The summed E-state index contributed by atoms with van der Waals surface area (Å²) in [5.41, 5.74) is 0.504. The molecule has 1 saturated heterocycles. The van der Waals surface area contributed by atoms with Gasteiger partial charge in [0.1, 0.15) is 17.1 Å². The van der Waals surface area contributed by atoms with E-state index in [2.05, 4.69) is 5.32 Å². The van der Waals surface area contributed by atoms with Gasteiger partial charge >= 0.3 is 11.9 Å². The van der Waals surface area contributed by atoms with Gasteiger partial charge in [-0.2, -0.15) is 0 Å². The molecule has 1 heterocycles. The summed E-state index contributed by atoms with van der Waals surface area (Å²) >= 11 is 0. The van der Waals surface area contributed by atoms with Gasteiger partial charge in [0, 0.05) is 26.2 Å². The second kappa shape index (κ2) is 9.36. The topological polar surface area (TPSA) is 125 Å². The van der Waals surface area contributed by atoms with Gasteiger partial charge in [-0.1, -0.05) is 6.07 Å². The summed E-state index contributed by atoms with van der Waals surface area (Å²) in [4.78, 5) is 32.5. The number of carbonyl (C=O) groups excluding carboxylic acids is 1. The molecule has 9 nitrogen and oxygen atoms in total. The van der Waals surface area contributed by atoms with Crippen LogP contribution in [0.3, 0.4) is 0 Å². The number of nitrogens with zero attached hydrogens (tertiary/aromatic N) is 1. The summed E-state index contributed by atoms with van der Waals surface area (Å²) < 4.78 is 10.5. The Morgan fingerprint density at radius 3 is 1.83 bits per heavy atom.